The number of anilines is 1. The van der Waals surface area contributed by atoms with Gasteiger partial charge in [0.05, 0.1) is 12.6 Å². The number of aromatic hydroxyl groups is 1. The molecule has 0 bridgehead atoms. The van der Waals surface area contributed by atoms with Crippen LogP contribution in [0.1, 0.15) is 61.0 Å². The minimum Gasteiger partial charge on any atom is -0.504 e. The van der Waals surface area contributed by atoms with Gasteiger partial charge in [0.15, 0.2) is 17.3 Å². The van der Waals surface area contributed by atoms with E-state index in [1.807, 2.05) is 18.2 Å². The number of hydrogen-bond donors (Lipinski definition) is 2. The third-order valence-corrected chi connectivity index (χ3v) is 7.48. The van der Waals surface area contributed by atoms with E-state index in [2.05, 4.69) is 15.6 Å². The highest BCUT2D eigenvalue weighted by Crippen LogP contribution is 2.35. The van der Waals surface area contributed by atoms with E-state index in [0.29, 0.717) is 27.8 Å². The molecule has 41 heavy (non-hydrogen) atoms. The number of carbonyl (C=O) groups excluding carboxylic acids is 3. The van der Waals surface area contributed by atoms with Crippen molar-refractivity contribution in [3.05, 3.63) is 77.9 Å². The first-order valence-electron chi connectivity index (χ1n) is 13.7. The number of phenolic OH excluding ortho intramolecular Hbond substituents is 1. The van der Waals surface area contributed by atoms with E-state index < -0.39 is 11.9 Å². The van der Waals surface area contributed by atoms with Crippen molar-refractivity contribution in [1.82, 2.24) is 20.3 Å². The number of carbonyl (C=O) groups is 3. The fourth-order valence-corrected chi connectivity index (χ4v) is 5.37. The first-order valence-corrected chi connectivity index (χ1v) is 13.7. The van der Waals surface area contributed by atoms with Crippen molar-refractivity contribution in [3.8, 4) is 11.5 Å². The number of nitrogens with one attached hydrogen (secondary N) is 1. The molecule has 2 N–H and O–H groups in total. The smallest absolute Gasteiger partial charge is 0.249 e. The fraction of sp³-hybridized carbons (Fsp3) is 0.323. The van der Waals surface area contributed by atoms with Crippen LogP contribution in [0, 0.1) is 0 Å². The van der Waals surface area contributed by atoms with Crippen LogP contribution in [0.15, 0.2) is 66.7 Å². The second-order valence-electron chi connectivity index (χ2n) is 10.3. The molecule has 0 unspecified atom stereocenters. The molecule has 10 heteroatoms. The predicted molar refractivity (Wildman–Crippen MR) is 154 cm³/mol. The SMILES string of the molecule is COc1ccc([C@H](C(=O)NC2CCCCC2)N(C(=O)Cn2nnc3ccccc32)c2cccc(C(C)=O)c2)cc1O. The molecule has 3 aromatic carbocycles. The van der Waals surface area contributed by atoms with E-state index in [-0.39, 0.29) is 35.8 Å². The topological polar surface area (TPSA) is 127 Å². The van der Waals surface area contributed by atoms with Crippen LogP contribution in [0.3, 0.4) is 0 Å². The lowest BCUT2D eigenvalue weighted by Crippen LogP contribution is -2.48. The number of benzene rings is 3. The van der Waals surface area contributed by atoms with Gasteiger partial charge in [0.2, 0.25) is 11.8 Å². The second-order valence-corrected chi connectivity index (χ2v) is 10.3. The number of ketones is 1. The summed E-state index contributed by atoms with van der Waals surface area (Å²) in [7, 11) is 1.44. The molecule has 2 amide bonds. The lowest BCUT2D eigenvalue weighted by atomic mass is 9.94. The normalized spacial score (nSPS) is 14.4. The number of methoxy groups -OCH3 is 1. The van der Waals surface area contributed by atoms with E-state index >= 15 is 0 Å². The number of fused-ring (bicyclic) bond motifs is 1. The third-order valence-electron chi connectivity index (χ3n) is 7.48. The summed E-state index contributed by atoms with van der Waals surface area (Å²) in [6, 6.07) is 17.4. The first kappa shape index (κ1) is 27.8. The number of phenols is 1. The zero-order chi connectivity index (χ0) is 28.9. The molecule has 1 saturated carbocycles. The van der Waals surface area contributed by atoms with E-state index in [1.54, 1.807) is 42.5 Å². The standard InChI is InChI=1S/C31H33N5O5/c1-20(37)21-9-8-12-24(17-21)36(29(39)19-35-26-14-7-6-13-25(26)33-34-35)30(22-15-16-28(41-2)27(38)18-22)31(40)32-23-10-4-3-5-11-23/h6-9,12-18,23,30,38H,3-5,10-11,19H2,1-2H3,(H,32,40)/t30-/m1/s1. The van der Waals surface area contributed by atoms with Gasteiger partial charge in [0.25, 0.3) is 0 Å². The molecule has 0 spiro atoms. The Balaban J connectivity index is 1.62. The molecule has 10 nitrogen and oxygen atoms in total. The highest BCUT2D eigenvalue weighted by Gasteiger charge is 2.35. The van der Waals surface area contributed by atoms with Crippen molar-refractivity contribution < 1.29 is 24.2 Å². The number of nitrogens with zero attached hydrogens (tertiary/aromatic N) is 4. The van der Waals surface area contributed by atoms with Crippen molar-refractivity contribution >= 4 is 34.3 Å². The molecule has 0 aliphatic heterocycles. The van der Waals surface area contributed by atoms with Gasteiger partial charge in [-0.25, -0.2) is 4.68 Å². The Labute approximate surface area is 237 Å². The van der Waals surface area contributed by atoms with Crippen molar-refractivity contribution in [1.29, 1.82) is 0 Å². The van der Waals surface area contributed by atoms with Gasteiger partial charge >= 0.3 is 0 Å². The summed E-state index contributed by atoms with van der Waals surface area (Å²) in [5.74, 6) is -0.919. The Morgan fingerprint density at radius 1 is 1.05 bits per heavy atom. The van der Waals surface area contributed by atoms with Crippen LogP contribution in [0.5, 0.6) is 11.5 Å². The number of aromatic nitrogens is 3. The number of hydrogen-bond acceptors (Lipinski definition) is 7. The van der Waals surface area contributed by atoms with Crippen molar-refractivity contribution in [3.63, 3.8) is 0 Å². The molecule has 1 fully saturated rings. The van der Waals surface area contributed by atoms with Crippen LogP contribution in [-0.4, -0.2) is 50.8 Å². The average molecular weight is 556 g/mol. The van der Waals surface area contributed by atoms with Crippen LogP contribution in [-0.2, 0) is 16.1 Å². The number of rotatable bonds is 9. The summed E-state index contributed by atoms with van der Waals surface area (Å²) in [4.78, 5) is 42.0. The lowest BCUT2D eigenvalue weighted by molar-refractivity contribution is -0.127. The van der Waals surface area contributed by atoms with Crippen LogP contribution >= 0.6 is 0 Å². The number of para-hydroxylation sites is 1. The Morgan fingerprint density at radius 2 is 1.83 bits per heavy atom. The van der Waals surface area contributed by atoms with Crippen LogP contribution in [0.2, 0.25) is 0 Å². The summed E-state index contributed by atoms with van der Waals surface area (Å²) in [6.07, 6.45) is 4.86. The maximum absolute atomic E-state index is 14.2. The van der Waals surface area contributed by atoms with Crippen molar-refractivity contribution in [2.45, 2.75) is 57.7 Å². The quantitative estimate of drug-likeness (QED) is 0.290. The molecule has 0 saturated heterocycles. The second kappa shape index (κ2) is 12.2. The highest BCUT2D eigenvalue weighted by molar-refractivity contribution is 6.03. The van der Waals surface area contributed by atoms with Crippen LogP contribution in [0.25, 0.3) is 11.0 Å². The molecule has 1 atom stereocenters. The number of Topliss-reactive ketones (excluding diaryl/α,β-unsaturated/α-hetero) is 1. The molecule has 1 aliphatic rings. The molecular formula is C31H33N5O5. The number of ether oxygens (including phenoxy) is 1. The van der Waals surface area contributed by atoms with E-state index in [0.717, 1.165) is 32.1 Å². The summed E-state index contributed by atoms with van der Waals surface area (Å²) in [5, 5.41) is 22.1. The molecule has 5 rings (SSSR count). The van der Waals surface area contributed by atoms with Gasteiger partial charge in [0.1, 0.15) is 18.1 Å². The predicted octanol–water partition coefficient (Wildman–Crippen LogP) is 4.57. The molecule has 1 aromatic heterocycles. The molecule has 4 aromatic rings. The van der Waals surface area contributed by atoms with Gasteiger partial charge in [-0.3, -0.25) is 19.3 Å². The Hall–Kier alpha value is -4.73. The molecule has 1 heterocycles. The summed E-state index contributed by atoms with van der Waals surface area (Å²) in [6.45, 7) is 1.24. The minimum absolute atomic E-state index is 0.0228. The summed E-state index contributed by atoms with van der Waals surface area (Å²) in [5.41, 5.74) is 2.46. The third kappa shape index (κ3) is 6.06. The summed E-state index contributed by atoms with van der Waals surface area (Å²) >= 11 is 0. The van der Waals surface area contributed by atoms with Crippen molar-refractivity contribution in [2.75, 3.05) is 12.0 Å². The van der Waals surface area contributed by atoms with Gasteiger partial charge in [0, 0.05) is 17.3 Å². The Morgan fingerprint density at radius 3 is 2.56 bits per heavy atom. The van der Waals surface area contributed by atoms with Crippen molar-refractivity contribution in [2.24, 2.45) is 0 Å². The molecular weight excluding hydrogens is 522 g/mol. The maximum Gasteiger partial charge on any atom is 0.249 e. The van der Waals surface area contributed by atoms with Gasteiger partial charge < -0.3 is 15.2 Å². The number of amides is 2. The monoisotopic (exact) mass is 555 g/mol. The lowest BCUT2D eigenvalue weighted by Gasteiger charge is -2.33. The zero-order valence-corrected chi connectivity index (χ0v) is 23.1. The van der Waals surface area contributed by atoms with E-state index in [9.17, 15) is 19.5 Å². The molecule has 0 radical (unpaired) electrons. The average Bonchev–Trinajstić information content (AvgIpc) is 3.38. The van der Waals surface area contributed by atoms with Gasteiger partial charge in [-0.05, 0) is 61.7 Å². The Bertz CT molecular complexity index is 1580. The van der Waals surface area contributed by atoms with E-state index in [4.69, 9.17) is 4.74 Å². The first-order chi connectivity index (χ1) is 19.9. The fourth-order valence-electron chi connectivity index (χ4n) is 5.37. The maximum atomic E-state index is 14.2. The molecule has 212 valence electrons. The molecule has 1 aliphatic carbocycles. The van der Waals surface area contributed by atoms with Gasteiger partial charge in [-0.15, -0.1) is 5.10 Å². The van der Waals surface area contributed by atoms with Gasteiger partial charge in [-0.1, -0.05) is 54.8 Å². The highest BCUT2D eigenvalue weighted by atomic mass is 16.5. The summed E-state index contributed by atoms with van der Waals surface area (Å²) < 4.78 is 6.71. The Kier molecular flexibility index (Phi) is 8.28. The van der Waals surface area contributed by atoms with Crippen LogP contribution in [0.4, 0.5) is 5.69 Å². The zero-order valence-electron chi connectivity index (χ0n) is 23.1. The van der Waals surface area contributed by atoms with E-state index in [1.165, 1.54) is 29.7 Å². The van der Waals surface area contributed by atoms with Crippen LogP contribution < -0.4 is 15.0 Å². The minimum atomic E-state index is -1.15. The van der Waals surface area contributed by atoms with Gasteiger partial charge in [-0.2, -0.15) is 0 Å². The largest absolute Gasteiger partial charge is 0.504 e.